The molecular weight excluding hydrogens is 617 g/mol. The van der Waals surface area contributed by atoms with Gasteiger partial charge in [-0.05, 0) is 79.4 Å². The van der Waals surface area contributed by atoms with E-state index in [-0.39, 0.29) is 0 Å². The average molecular weight is 647 g/mol. The lowest BCUT2D eigenvalue weighted by Gasteiger charge is -2.48. The van der Waals surface area contributed by atoms with E-state index in [1.807, 2.05) is 12.3 Å². The van der Waals surface area contributed by atoms with Crippen molar-refractivity contribution >= 4 is 21.8 Å². The zero-order valence-electron chi connectivity index (χ0n) is 27.7. The molecule has 2 nitrogen and oxygen atoms in total. The molecule has 0 radical (unpaired) electrons. The van der Waals surface area contributed by atoms with Crippen molar-refractivity contribution in [2.45, 2.75) is 10.8 Å². The first kappa shape index (κ1) is 27.3. The number of hydrogen-bond donors (Lipinski definition) is 0. The maximum absolute atomic E-state index is 4.93. The Morgan fingerprint density at radius 2 is 0.824 bits per heavy atom. The van der Waals surface area contributed by atoms with Crippen LogP contribution in [-0.2, 0) is 10.8 Å². The lowest BCUT2D eigenvalue weighted by molar-refractivity contribution is 0.633. The van der Waals surface area contributed by atoms with Gasteiger partial charge in [-0.25, -0.2) is 4.98 Å². The third-order valence-corrected chi connectivity index (χ3v) is 12.1. The molecule has 7 aromatic carbocycles. The molecule has 51 heavy (non-hydrogen) atoms. The predicted molar refractivity (Wildman–Crippen MR) is 207 cm³/mol. The second kappa shape index (κ2) is 9.59. The lowest BCUT2D eigenvalue weighted by atomic mass is 9.52. The second-order valence-electron chi connectivity index (χ2n) is 14.2. The minimum Gasteiger partial charge on any atom is -0.293 e. The quantitative estimate of drug-likeness (QED) is 0.174. The molecule has 0 saturated carbocycles. The van der Waals surface area contributed by atoms with Crippen molar-refractivity contribution in [3.8, 4) is 28.1 Å². The third-order valence-electron chi connectivity index (χ3n) is 12.1. The summed E-state index contributed by atoms with van der Waals surface area (Å²) in [6.07, 6.45) is 1.90. The summed E-state index contributed by atoms with van der Waals surface area (Å²) < 4.78 is 2.39. The van der Waals surface area contributed by atoms with Crippen LogP contribution in [0.3, 0.4) is 0 Å². The van der Waals surface area contributed by atoms with E-state index in [0.717, 1.165) is 5.82 Å². The molecule has 0 amide bonds. The number of aromatic nitrogens is 2. The minimum absolute atomic E-state index is 0.448. The van der Waals surface area contributed by atoms with Gasteiger partial charge < -0.3 is 0 Å². The first-order valence-electron chi connectivity index (χ1n) is 17.8. The number of para-hydroxylation sites is 1. The largest absolute Gasteiger partial charge is 0.293 e. The van der Waals surface area contributed by atoms with E-state index in [2.05, 4.69) is 174 Å². The molecule has 3 aliphatic carbocycles. The third kappa shape index (κ3) is 3.06. The molecule has 3 aliphatic rings. The summed E-state index contributed by atoms with van der Waals surface area (Å²) in [4.78, 5) is 4.93. The van der Waals surface area contributed by atoms with E-state index >= 15 is 0 Å². The van der Waals surface area contributed by atoms with Crippen LogP contribution in [0.25, 0.3) is 49.9 Å². The first-order valence-corrected chi connectivity index (χ1v) is 17.8. The molecule has 0 saturated heterocycles. The minimum atomic E-state index is -0.531. The highest BCUT2D eigenvalue weighted by molar-refractivity contribution is 6.16. The zero-order valence-corrected chi connectivity index (χ0v) is 27.7. The molecule has 12 rings (SSSR count). The number of hydrogen-bond acceptors (Lipinski definition) is 1. The highest BCUT2D eigenvalue weighted by Gasteiger charge is 2.59. The molecule has 236 valence electrons. The molecule has 0 unspecified atom stereocenters. The molecule has 2 spiro atoms. The first-order chi connectivity index (χ1) is 25.3. The fourth-order valence-electron chi connectivity index (χ4n) is 10.5. The van der Waals surface area contributed by atoms with Crippen LogP contribution in [0.1, 0.15) is 44.5 Å². The van der Waals surface area contributed by atoms with Crippen molar-refractivity contribution < 1.29 is 0 Å². The van der Waals surface area contributed by atoms with Crippen LogP contribution in [-0.4, -0.2) is 9.55 Å². The highest BCUT2D eigenvalue weighted by atomic mass is 15.1. The Bertz CT molecular complexity index is 2830. The number of benzene rings is 7. The lowest BCUT2D eigenvalue weighted by Crippen LogP contribution is -2.43. The van der Waals surface area contributed by atoms with Gasteiger partial charge in [0.05, 0.1) is 21.9 Å². The van der Waals surface area contributed by atoms with Crippen LogP contribution in [0.4, 0.5) is 0 Å². The maximum atomic E-state index is 4.93. The average Bonchev–Trinajstić information content (AvgIpc) is 3.81. The Morgan fingerprint density at radius 3 is 1.41 bits per heavy atom. The topological polar surface area (TPSA) is 17.8 Å². The van der Waals surface area contributed by atoms with Crippen LogP contribution >= 0.6 is 0 Å². The number of nitrogens with zero attached hydrogens (tertiary/aromatic N) is 2. The van der Waals surface area contributed by atoms with Crippen molar-refractivity contribution in [3.63, 3.8) is 0 Å². The number of rotatable bonds is 1. The monoisotopic (exact) mass is 646 g/mol. The Kier molecular flexibility index (Phi) is 5.14. The van der Waals surface area contributed by atoms with Gasteiger partial charge in [0.1, 0.15) is 5.82 Å². The molecule has 2 aromatic heterocycles. The van der Waals surface area contributed by atoms with E-state index in [1.165, 1.54) is 88.6 Å². The van der Waals surface area contributed by atoms with E-state index < -0.39 is 10.8 Å². The highest BCUT2D eigenvalue weighted by Crippen LogP contribution is 2.68. The molecule has 0 N–H and O–H groups in total. The van der Waals surface area contributed by atoms with E-state index in [9.17, 15) is 0 Å². The van der Waals surface area contributed by atoms with Crippen LogP contribution in [0, 0.1) is 0 Å². The summed E-state index contributed by atoms with van der Waals surface area (Å²) >= 11 is 0. The molecular formula is C49H30N2. The van der Waals surface area contributed by atoms with Gasteiger partial charge in [0.25, 0.3) is 0 Å². The summed E-state index contributed by atoms with van der Waals surface area (Å²) in [5, 5.41) is 2.48. The van der Waals surface area contributed by atoms with E-state index in [0.29, 0.717) is 0 Å². The van der Waals surface area contributed by atoms with Gasteiger partial charge in [0.15, 0.2) is 0 Å². The van der Waals surface area contributed by atoms with E-state index in [4.69, 9.17) is 4.98 Å². The van der Waals surface area contributed by atoms with Crippen LogP contribution < -0.4 is 0 Å². The number of fused-ring (bicyclic) bond motifs is 20. The van der Waals surface area contributed by atoms with Crippen molar-refractivity contribution in [2.75, 3.05) is 0 Å². The van der Waals surface area contributed by atoms with Crippen molar-refractivity contribution in [2.24, 2.45) is 0 Å². The van der Waals surface area contributed by atoms with Gasteiger partial charge in [0.2, 0.25) is 0 Å². The standard InChI is InChI=1S/C49H30N2/c1-5-19-36-31(15-1)32-16-2-6-20-37(32)48(36)39-22-8-10-24-41(39)49(42-25-11-9-23-40(42)48)38-21-7-3-18-35(38)46-43(49)29-28-34-33-17-4-12-26-44(33)51(47(34)46)45-27-13-14-30-50-45/h1-30H. The normalized spacial score (nSPS) is 15.0. The fourth-order valence-corrected chi connectivity index (χ4v) is 10.5. The van der Waals surface area contributed by atoms with Crippen LogP contribution in [0.2, 0.25) is 0 Å². The van der Waals surface area contributed by atoms with Gasteiger partial charge >= 0.3 is 0 Å². The van der Waals surface area contributed by atoms with E-state index in [1.54, 1.807) is 0 Å². The summed E-state index contributed by atoms with van der Waals surface area (Å²) in [7, 11) is 0. The molecule has 2 heteroatoms. The molecule has 0 atom stereocenters. The van der Waals surface area contributed by atoms with Gasteiger partial charge in [-0.2, -0.15) is 0 Å². The molecule has 9 aromatic rings. The Hall–Kier alpha value is -6.51. The molecule has 0 aliphatic heterocycles. The Balaban J connectivity index is 1.29. The smallest absolute Gasteiger partial charge is 0.137 e. The Labute approximate surface area is 295 Å². The van der Waals surface area contributed by atoms with Gasteiger partial charge in [0, 0.05) is 22.5 Å². The summed E-state index contributed by atoms with van der Waals surface area (Å²) in [6.45, 7) is 0. The summed E-state index contributed by atoms with van der Waals surface area (Å²) in [6, 6.07) is 65.8. The SMILES string of the molecule is c1ccc(-n2c3ccccc3c3ccc4c(c32)-c2ccccc2C42c3ccccc3C3(c4ccccc4-c4ccccc43)c3ccccc32)nc1. The summed E-state index contributed by atoms with van der Waals surface area (Å²) in [5.74, 6) is 0.929. The second-order valence-corrected chi connectivity index (χ2v) is 14.2. The van der Waals surface area contributed by atoms with Crippen molar-refractivity contribution in [3.05, 3.63) is 227 Å². The Morgan fingerprint density at radius 1 is 0.353 bits per heavy atom. The molecule has 0 bridgehead atoms. The zero-order chi connectivity index (χ0) is 33.3. The van der Waals surface area contributed by atoms with Gasteiger partial charge in [-0.3, -0.25) is 4.57 Å². The predicted octanol–water partition coefficient (Wildman–Crippen LogP) is 11.2. The van der Waals surface area contributed by atoms with Gasteiger partial charge in [-0.15, -0.1) is 0 Å². The van der Waals surface area contributed by atoms with Crippen LogP contribution in [0.15, 0.2) is 182 Å². The number of pyridine rings is 1. The fraction of sp³-hybridized carbons (Fsp3) is 0.0408. The van der Waals surface area contributed by atoms with Crippen LogP contribution in [0.5, 0.6) is 0 Å². The van der Waals surface area contributed by atoms with Crippen molar-refractivity contribution in [1.82, 2.24) is 9.55 Å². The molecule has 2 heterocycles. The maximum Gasteiger partial charge on any atom is 0.137 e. The molecule has 0 fully saturated rings. The summed E-state index contributed by atoms with van der Waals surface area (Å²) in [5.41, 5.74) is 17.4. The van der Waals surface area contributed by atoms with Crippen molar-refractivity contribution in [1.29, 1.82) is 0 Å². The van der Waals surface area contributed by atoms with Gasteiger partial charge in [-0.1, -0.05) is 158 Å².